The first kappa shape index (κ1) is 21.4. The number of rotatable bonds is 5. The van der Waals surface area contributed by atoms with E-state index in [0.717, 1.165) is 0 Å². The molecule has 1 heterocycles. The molecule has 0 bridgehead atoms. The molecular formula is C32H25PS. The maximum atomic E-state index is 2.38. The standard InChI is InChI=1S/C32H25PS/c1-5-15-25(16-6-1)31-29-23-13-14-24-30(29)33(34-31)32(26-17-7-2-8-18-26,27-19-9-3-10-20-27)28-21-11-4-12-22-28/h1-24,31H/t31-,33-/m0/s1. The van der Waals surface area contributed by atoms with Crippen molar-refractivity contribution in [2.45, 2.75) is 10.4 Å². The van der Waals surface area contributed by atoms with Crippen molar-refractivity contribution in [2.24, 2.45) is 0 Å². The molecule has 0 radical (unpaired) electrons. The van der Waals surface area contributed by atoms with E-state index in [1.165, 1.54) is 33.1 Å². The summed E-state index contributed by atoms with van der Waals surface area (Å²) in [5, 5.41) is 1.57. The molecule has 1 aliphatic rings. The second-order valence-electron chi connectivity index (χ2n) is 8.56. The van der Waals surface area contributed by atoms with E-state index >= 15 is 0 Å². The van der Waals surface area contributed by atoms with Crippen LogP contribution >= 0.6 is 18.5 Å². The van der Waals surface area contributed by atoms with Gasteiger partial charge in [0.1, 0.15) is 0 Å². The zero-order valence-electron chi connectivity index (χ0n) is 18.8. The van der Waals surface area contributed by atoms with E-state index in [-0.39, 0.29) is 5.16 Å². The molecule has 0 amide bonds. The van der Waals surface area contributed by atoms with Crippen LogP contribution in [-0.2, 0) is 5.16 Å². The zero-order valence-corrected chi connectivity index (χ0v) is 20.5. The minimum absolute atomic E-state index is 0.261. The topological polar surface area (TPSA) is 0 Å². The Balaban J connectivity index is 1.66. The molecule has 0 N–H and O–H groups in total. The van der Waals surface area contributed by atoms with E-state index < -0.39 is 7.12 Å². The lowest BCUT2D eigenvalue weighted by atomic mass is 9.84. The van der Waals surface area contributed by atoms with E-state index in [2.05, 4.69) is 157 Å². The predicted molar refractivity (Wildman–Crippen MR) is 148 cm³/mol. The smallest absolute Gasteiger partial charge is 0.0784 e. The summed E-state index contributed by atoms with van der Waals surface area (Å²) in [6.45, 7) is 0. The fourth-order valence-corrected chi connectivity index (χ4v) is 12.1. The van der Waals surface area contributed by atoms with Gasteiger partial charge in [-0.15, -0.1) is 11.4 Å². The van der Waals surface area contributed by atoms with Crippen molar-refractivity contribution >= 4 is 23.8 Å². The Morgan fingerprint density at radius 2 is 0.882 bits per heavy atom. The van der Waals surface area contributed by atoms with Gasteiger partial charge in [0.25, 0.3) is 0 Å². The molecule has 0 aliphatic carbocycles. The van der Waals surface area contributed by atoms with Crippen molar-refractivity contribution in [2.75, 3.05) is 0 Å². The van der Waals surface area contributed by atoms with Crippen molar-refractivity contribution in [1.82, 2.24) is 0 Å². The molecule has 0 fully saturated rings. The van der Waals surface area contributed by atoms with Crippen molar-refractivity contribution < 1.29 is 0 Å². The summed E-state index contributed by atoms with van der Waals surface area (Å²) in [6, 6.07) is 53.6. The van der Waals surface area contributed by atoms with Crippen LogP contribution in [0.25, 0.3) is 0 Å². The van der Waals surface area contributed by atoms with Gasteiger partial charge in [-0.25, -0.2) is 0 Å². The molecule has 2 atom stereocenters. The quantitative estimate of drug-likeness (QED) is 0.182. The van der Waals surface area contributed by atoms with Crippen LogP contribution in [0.15, 0.2) is 146 Å². The van der Waals surface area contributed by atoms with Crippen LogP contribution < -0.4 is 5.30 Å². The van der Waals surface area contributed by atoms with Gasteiger partial charge >= 0.3 is 0 Å². The first-order valence-corrected chi connectivity index (χ1v) is 14.5. The molecule has 0 spiro atoms. The summed E-state index contributed by atoms with van der Waals surface area (Å²) < 4.78 is 0. The van der Waals surface area contributed by atoms with Gasteiger partial charge in [-0.2, -0.15) is 0 Å². The van der Waals surface area contributed by atoms with Crippen LogP contribution in [-0.4, -0.2) is 0 Å². The average Bonchev–Trinajstić information content (AvgIpc) is 3.32. The number of fused-ring (bicyclic) bond motifs is 1. The molecule has 5 aromatic carbocycles. The van der Waals surface area contributed by atoms with E-state index in [1.807, 2.05) is 0 Å². The first-order valence-electron chi connectivity index (χ1n) is 11.7. The van der Waals surface area contributed by atoms with Crippen LogP contribution in [0.2, 0.25) is 0 Å². The Kier molecular flexibility index (Phi) is 5.83. The van der Waals surface area contributed by atoms with E-state index in [9.17, 15) is 0 Å². The number of hydrogen-bond donors (Lipinski definition) is 0. The molecule has 34 heavy (non-hydrogen) atoms. The molecule has 5 aromatic rings. The molecule has 0 unspecified atom stereocenters. The van der Waals surface area contributed by atoms with Crippen molar-refractivity contribution in [1.29, 1.82) is 0 Å². The lowest BCUT2D eigenvalue weighted by Gasteiger charge is -2.41. The van der Waals surface area contributed by atoms with Crippen LogP contribution in [0.3, 0.4) is 0 Å². The summed E-state index contributed by atoms with van der Waals surface area (Å²) in [4.78, 5) is 0. The molecule has 164 valence electrons. The Morgan fingerprint density at radius 3 is 1.38 bits per heavy atom. The summed E-state index contributed by atoms with van der Waals surface area (Å²) in [5.74, 6) is 0. The van der Waals surface area contributed by atoms with Crippen LogP contribution in [0.1, 0.15) is 33.1 Å². The number of hydrogen-bond acceptors (Lipinski definition) is 1. The van der Waals surface area contributed by atoms with Crippen LogP contribution in [0.5, 0.6) is 0 Å². The van der Waals surface area contributed by atoms with Gasteiger partial charge in [-0.05, 0) is 33.1 Å². The third-order valence-corrected chi connectivity index (χ3v) is 12.5. The molecule has 0 saturated heterocycles. The normalized spacial score (nSPS) is 17.3. The molecular weight excluding hydrogens is 447 g/mol. The van der Waals surface area contributed by atoms with E-state index in [1.54, 1.807) is 0 Å². The largest absolute Gasteiger partial charge is 0.115 e. The van der Waals surface area contributed by atoms with Gasteiger partial charge in [0.05, 0.1) is 10.4 Å². The highest BCUT2D eigenvalue weighted by Gasteiger charge is 2.49. The molecule has 2 heteroatoms. The predicted octanol–water partition coefficient (Wildman–Crippen LogP) is 8.54. The fraction of sp³-hybridized carbons (Fsp3) is 0.0625. The van der Waals surface area contributed by atoms with Crippen molar-refractivity contribution in [3.05, 3.63) is 173 Å². The Morgan fingerprint density at radius 1 is 0.471 bits per heavy atom. The minimum Gasteiger partial charge on any atom is -0.115 e. The highest BCUT2D eigenvalue weighted by Crippen LogP contribution is 2.76. The monoisotopic (exact) mass is 472 g/mol. The Labute approximate surface area is 207 Å². The lowest BCUT2D eigenvalue weighted by molar-refractivity contribution is 0.889. The van der Waals surface area contributed by atoms with E-state index in [0.29, 0.717) is 5.25 Å². The molecule has 1 aliphatic heterocycles. The fourth-order valence-electron chi connectivity index (χ4n) is 5.13. The van der Waals surface area contributed by atoms with Gasteiger partial charge in [-0.3, -0.25) is 0 Å². The summed E-state index contributed by atoms with van der Waals surface area (Å²) >= 11 is 2.15. The Bertz CT molecular complexity index is 1270. The highest BCUT2D eigenvalue weighted by molar-refractivity contribution is 8.59. The minimum atomic E-state index is -0.684. The van der Waals surface area contributed by atoms with Crippen molar-refractivity contribution in [3.63, 3.8) is 0 Å². The van der Waals surface area contributed by atoms with Gasteiger partial charge in [0, 0.05) is 7.12 Å². The van der Waals surface area contributed by atoms with Crippen molar-refractivity contribution in [3.8, 4) is 0 Å². The average molecular weight is 473 g/mol. The summed E-state index contributed by atoms with van der Waals surface area (Å²) in [6.07, 6.45) is 0. The van der Waals surface area contributed by atoms with Gasteiger partial charge in [-0.1, -0.05) is 146 Å². The third kappa shape index (κ3) is 3.52. The van der Waals surface area contributed by atoms with Gasteiger partial charge in [0.15, 0.2) is 0 Å². The maximum absolute atomic E-state index is 2.38. The highest BCUT2D eigenvalue weighted by atomic mass is 32.7. The third-order valence-electron chi connectivity index (χ3n) is 6.63. The molecule has 6 rings (SSSR count). The first-order chi connectivity index (χ1) is 16.9. The number of benzene rings is 5. The molecule has 0 saturated carbocycles. The summed E-state index contributed by atoms with van der Waals surface area (Å²) in [7, 11) is -0.684. The van der Waals surface area contributed by atoms with Gasteiger partial charge in [0.2, 0.25) is 0 Å². The lowest BCUT2D eigenvalue weighted by Crippen LogP contribution is -2.29. The maximum Gasteiger partial charge on any atom is 0.0784 e. The van der Waals surface area contributed by atoms with Gasteiger partial charge < -0.3 is 0 Å². The second-order valence-corrected chi connectivity index (χ2v) is 12.7. The Hall–Kier alpha value is -3.12. The molecule has 0 nitrogen and oxygen atoms in total. The van der Waals surface area contributed by atoms with E-state index in [4.69, 9.17) is 0 Å². The summed E-state index contributed by atoms with van der Waals surface area (Å²) in [5.41, 5.74) is 6.91. The SMILES string of the molecule is c1ccc([C@@H]2S[P@](C(c3ccccc3)(c3ccccc3)c3ccccc3)c3ccccc32)cc1. The van der Waals surface area contributed by atoms with Crippen LogP contribution in [0.4, 0.5) is 0 Å². The molecule has 0 aromatic heterocycles. The second kappa shape index (κ2) is 9.26. The zero-order chi connectivity index (χ0) is 22.8. The van der Waals surface area contributed by atoms with Crippen LogP contribution in [0, 0.1) is 0 Å².